The van der Waals surface area contributed by atoms with Gasteiger partial charge in [0, 0.05) is 19.0 Å². The maximum absolute atomic E-state index is 12.0. The van der Waals surface area contributed by atoms with Gasteiger partial charge in [-0.15, -0.1) is 0 Å². The van der Waals surface area contributed by atoms with Crippen molar-refractivity contribution in [3.8, 4) is 0 Å². The molecular formula is C14H26N2O. The van der Waals surface area contributed by atoms with Crippen molar-refractivity contribution in [2.75, 3.05) is 13.1 Å². The van der Waals surface area contributed by atoms with Crippen LogP contribution in [0.3, 0.4) is 0 Å². The average Bonchev–Trinajstić information content (AvgIpc) is 2.59. The van der Waals surface area contributed by atoms with Gasteiger partial charge in [-0.25, -0.2) is 0 Å². The van der Waals surface area contributed by atoms with Gasteiger partial charge in [0.2, 0.25) is 5.91 Å². The van der Waals surface area contributed by atoms with Crippen molar-refractivity contribution in [3.05, 3.63) is 0 Å². The first-order valence-electron chi connectivity index (χ1n) is 7.34. The first-order chi connectivity index (χ1) is 8.34. The molecule has 2 N–H and O–H groups in total. The third kappa shape index (κ3) is 4.66. The molecule has 1 heterocycles. The van der Waals surface area contributed by atoms with Gasteiger partial charge < -0.3 is 10.6 Å². The molecule has 1 aliphatic heterocycles. The van der Waals surface area contributed by atoms with E-state index >= 15 is 0 Å². The average molecular weight is 238 g/mol. The molecule has 3 heteroatoms. The zero-order chi connectivity index (χ0) is 11.9. The van der Waals surface area contributed by atoms with E-state index in [0.29, 0.717) is 12.0 Å². The molecule has 17 heavy (non-hydrogen) atoms. The lowest BCUT2D eigenvalue weighted by molar-refractivity contribution is -0.122. The molecule has 0 unspecified atom stereocenters. The van der Waals surface area contributed by atoms with E-state index in [1.807, 2.05) is 0 Å². The number of rotatable bonds is 3. The predicted octanol–water partition coefficient (Wildman–Crippen LogP) is 2.22. The number of hydrogen-bond donors (Lipinski definition) is 2. The third-order valence-corrected chi connectivity index (χ3v) is 4.11. The molecule has 0 aromatic heterocycles. The number of piperidine rings is 1. The Labute approximate surface area is 105 Å². The molecular weight excluding hydrogens is 212 g/mol. The molecule has 1 atom stereocenters. The van der Waals surface area contributed by atoms with Crippen molar-refractivity contribution in [1.29, 1.82) is 0 Å². The van der Waals surface area contributed by atoms with Crippen LogP contribution in [0.25, 0.3) is 0 Å². The van der Waals surface area contributed by atoms with Crippen LogP contribution in [0.2, 0.25) is 0 Å². The molecule has 2 aliphatic rings. The van der Waals surface area contributed by atoms with Crippen LogP contribution < -0.4 is 10.6 Å². The van der Waals surface area contributed by atoms with E-state index in [2.05, 4.69) is 10.6 Å². The van der Waals surface area contributed by atoms with Gasteiger partial charge >= 0.3 is 0 Å². The van der Waals surface area contributed by atoms with E-state index in [0.717, 1.165) is 25.9 Å². The molecule has 0 bridgehead atoms. The van der Waals surface area contributed by atoms with Crippen molar-refractivity contribution >= 4 is 5.91 Å². The molecule has 0 aromatic carbocycles. The van der Waals surface area contributed by atoms with E-state index in [-0.39, 0.29) is 5.91 Å². The van der Waals surface area contributed by atoms with Crippen LogP contribution in [0.5, 0.6) is 0 Å². The van der Waals surface area contributed by atoms with Crippen LogP contribution in [0.1, 0.15) is 57.8 Å². The zero-order valence-corrected chi connectivity index (χ0v) is 10.8. The molecule has 1 amide bonds. The summed E-state index contributed by atoms with van der Waals surface area (Å²) in [6.07, 6.45) is 11.0. The summed E-state index contributed by atoms with van der Waals surface area (Å²) in [6, 6.07) is 0.377. The fourth-order valence-electron chi connectivity index (χ4n) is 3.09. The van der Waals surface area contributed by atoms with Crippen molar-refractivity contribution < 1.29 is 4.79 Å². The molecule has 2 fully saturated rings. The van der Waals surface area contributed by atoms with Gasteiger partial charge in [-0.3, -0.25) is 4.79 Å². The quantitative estimate of drug-likeness (QED) is 0.740. The summed E-state index contributed by atoms with van der Waals surface area (Å²) in [5.41, 5.74) is 0. The predicted molar refractivity (Wildman–Crippen MR) is 69.8 cm³/mol. The van der Waals surface area contributed by atoms with Crippen molar-refractivity contribution in [1.82, 2.24) is 10.6 Å². The van der Waals surface area contributed by atoms with Crippen molar-refractivity contribution in [3.63, 3.8) is 0 Å². The molecule has 0 radical (unpaired) electrons. The smallest absolute Gasteiger partial charge is 0.220 e. The summed E-state index contributed by atoms with van der Waals surface area (Å²) in [4.78, 5) is 12.0. The minimum Gasteiger partial charge on any atom is -0.352 e. The highest BCUT2D eigenvalue weighted by molar-refractivity contribution is 5.76. The minimum absolute atomic E-state index is 0.283. The molecule has 3 nitrogen and oxygen atoms in total. The first kappa shape index (κ1) is 12.9. The highest BCUT2D eigenvalue weighted by Crippen LogP contribution is 2.25. The SMILES string of the molecule is O=C(CC1CCCCCC1)N[C@H]1CCCNC1. The Morgan fingerprint density at radius 2 is 1.82 bits per heavy atom. The Balaban J connectivity index is 1.68. The fourth-order valence-corrected chi connectivity index (χ4v) is 3.09. The Kier molecular flexibility index (Phi) is 5.30. The number of carbonyl (C=O) groups is 1. The zero-order valence-electron chi connectivity index (χ0n) is 10.8. The normalized spacial score (nSPS) is 27.4. The second-order valence-electron chi connectivity index (χ2n) is 5.67. The highest BCUT2D eigenvalue weighted by Gasteiger charge is 2.19. The van der Waals surface area contributed by atoms with Gasteiger partial charge in [-0.1, -0.05) is 25.7 Å². The van der Waals surface area contributed by atoms with Crippen LogP contribution in [0, 0.1) is 5.92 Å². The summed E-state index contributed by atoms with van der Waals surface area (Å²) < 4.78 is 0. The molecule has 2 rings (SSSR count). The highest BCUT2D eigenvalue weighted by atomic mass is 16.1. The van der Waals surface area contributed by atoms with Crippen LogP contribution in [-0.2, 0) is 4.79 Å². The summed E-state index contributed by atoms with van der Waals surface area (Å²) in [5.74, 6) is 0.930. The fraction of sp³-hybridized carbons (Fsp3) is 0.929. The number of carbonyl (C=O) groups excluding carboxylic acids is 1. The topological polar surface area (TPSA) is 41.1 Å². The summed E-state index contributed by atoms with van der Waals surface area (Å²) >= 11 is 0. The van der Waals surface area contributed by atoms with Gasteiger partial charge in [-0.2, -0.15) is 0 Å². The lowest BCUT2D eigenvalue weighted by Crippen LogP contribution is -2.45. The summed E-state index contributed by atoms with van der Waals surface area (Å²) in [6.45, 7) is 2.06. The van der Waals surface area contributed by atoms with Gasteiger partial charge in [0.25, 0.3) is 0 Å². The number of nitrogens with one attached hydrogen (secondary N) is 2. The van der Waals surface area contributed by atoms with E-state index in [1.54, 1.807) is 0 Å². The van der Waals surface area contributed by atoms with Gasteiger partial charge in [0.1, 0.15) is 0 Å². The van der Waals surface area contributed by atoms with E-state index in [9.17, 15) is 4.79 Å². The second kappa shape index (κ2) is 7.00. The van der Waals surface area contributed by atoms with Crippen LogP contribution in [-0.4, -0.2) is 25.0 Å². The van der Waals surface area contributed by atoms with Gasteiger partial charge in [0.05, 0.1) is 0 Å². The molecule has 0 spiro atoms. The number of hydrogen-bond acceptors (Lipinski definition) is 2. The van der Waals surface area contributed by atoms with E-state index in [1.165, 1.54) is 44.9 Å². The van der Waals surface area contributed by atoms with Crippen LogP contribution in [0.4, 0.5) is 0 Å². The van der Waals surface area contributed by atoms with E-state index in [4.69, 9.17) is 0 Å². The molecule has 1 saturated carbocycles. The monoisotopic (exact) mass is 238 g/mol. The van der Waals surface area contributed by atoms with Crippen LogP contribution >= 0.6 is 0 Å². The lowest BCUT2D eigenvalue weighted by Gasteiger charge is -2.24. The third-order valence-electron chi connectivity index (χ3n) is 4.11. The largest absolute Gasteiger partial charge is 0.352 e. The standard InChI is InChI=1S/C14H26N2O/c17-14(16-13-8-5-9-15-11-13)10-12-6-3-1-2-4-7-12/h12-13,15H,1-11H2,(H,16,17)/t13-/m0/s1. The first-order valence-corrected chi connectivity index (χ1v) is 7.34. The Morgan fingerprint density at radius 1 is 1.06 bits per heavy atom. The molecule has 1 aliphatic carbocycles. The Bertz CT molecular complexity index is 228. The van der Waals surface area contributed by atoms with Gasteiger partial charge in [-0.05, 0) is 38.1 Å². The molecule has 0 aromatic rings. The van der Waals surface area contributed by atoms with Crippen molar-refractivity contribution in [2.24, 2.45) is 5.92 Å². The van der Waals surface area contributed by atoms with E-state index < -0.39 is 0 Å². The number of amides is 1. The second-order valence-corrected chi connectivity index (χ2v) is 5.67. The maximum atomic E-state index is 12.0. The summed E-state index contributed by atoms with van der Waals surface area (Å²) in [5, 5.41) is 6.52. The maximum Gasteiger partial charge on any atom is 0.220 e. The van der Waals surface area contributed by atoms with Gasteiger partial charge in [0.15, 0.2) is 0 Å². The Morgan fingerprint density at radius 3 is 2.47 bits per heavy atom. The Hall–Kier alpha value is -0.570. The van der Waals surface area contributed by atoms with Crippen LogP contribution in [0.15, 0.2) is 0 Å². The molecule has 98 valence electrons. The lowest BCUT2D eigenvalue weighted by atomic mass is 9.96. The van der Waals surface area contributed by atoms with Crippen molar-refractivity contribution in [2.45, 2.75) is 63.8 Å². The minimum atomic E-state index is 0.283. The summed E-state index contributed by atoms with van der Waals surface area (Å²) in [7, 11) is 0. The molecule has 1 saturated heterocycles.